The highest BCUT2D eigenvalue weighted by Crippen LogP contribution is 2.44. The maximum atomic E-state index is 13.3. The molecule has 3 nitrogen and oxygen atoms in total. The van der Waals surface area contributed by atoms with E-state index in [1.807, 2.05) is 0 Å². The molecule has 1 saturated carbocycles. The van der Waals surface area contributed by atoms with Crippen molar-refractivity contribution in [3.63, 3.8) is 0 Å². The second kappa shape index (κ2) is 3.29. The van der Waals surface area contributed by atoms with Crippen molar-refractivity contribution < 1.29 is 13.9 Å². The van der Waals surface area contributed by atoms with Gasteiger partial charge in [-0.2, -0.15) is 0 Å². The summed E-state index contributed by atoms with van der Waals surface area (Å²) in [6, 6.07) is 4.63. The van der Waals surface area contributed by atoms with Crippen LogP contribution in [0.15, 0.2) is 18.2 Å². The third kappa shape index (κ3) is 1.69. The molecule has 0 unspecified atom stereocenters. The number of carbonyl (C=O) groups is 1. The molecule has 1 aliphatic rings. The molecular weight excluding hydrogens is 185 g/mol. The van der Waals surface area contributed by atoms with Gasteiger partial charge in [-0.25, -0.2) is 9.18 Å². The van der Waals surface area contributed by atoms with Crippen LogP contribution in [0.1, 0.15) is 24.3 Å². The van der Waals surface area contributed by atoms with Gasteiger partial charge >= 0.3 is 6.09 Å². The number of rotatable bonds is 2. The molecular formula is C10H10FNO2. The van der Waals surface area contributed by atoms with Crippen LogP contribution in [0.3, 0.4) is 0 Å². The Balaban J connectivity index is 2.37. The molecule has 2 N–H and O–H groups in total. The number of ether oxygens (including phenoxy) is 1. The van der Waals surface area contributed by atoms with E-state index in [4.69, 9.17) is 5.73 Å². The monoisotopic (exact) mass is 195 g/mol. The van der Waals surface area contributed by atoms with Crippen LogP contribution in [0.4, 0.5) is 9.18 Å². The summed E-state index contributed by atoms with van der Waals surface area (Å²) in [5.74, 6) is -0.226. The van der Waals surface area contributed by atoms with E-state index in [1.165, 1.54) is 6.07 Å². The minimum Gasteiger partial charge on any atom is -0.407 e. The van der Waals surface area contributed by atoms with Gasteiger partial charge in [-0.1, -0.05) is 12.1 Å². The lowest BCUT2D eigenvalue weighted by atomic mass is 10.1. The van der Waals surface area contributed by atoms with Gasteiger partial charge in [0, 0.05) is 5.56 Å². The van der Waals surface area contributed by atoms with Crippen LogP contribution in [0.2, 0.25) is 0 Å². The maximum absolute atomic E-state index is 13.3. The molecule has 0 spiro atoms. The summed E-state index contributed by atoms with van der Waals surface area (Å²) in [4.78, 5) is 10.5. The van der Waals surface area contributed by atoms with Gasteiger partial charge in [0.1, 0.15) is 0 Å². The maximum Gasteiger partial charge on any atom is 0.410 e. The molecule has 0 heterocycles. The number of para-hydroxylation sites is 1. The van der Waals surface area contributed by atoms with Crippen LogP contribution in [0.5, 0.6) is 5.75 Å². The molecule has 0 aromatic heterocycles. The Labute approximate surface area is 80.7 Å². The zero-order valence-corrected chi connectivity index (χ0v) is 7.50. The molecule has 1 aromatic rings. The first-order valence-electron chi connectivity index (χ1n) is 4.44. The van der Waals surface area contributed by atoms with Crippen LogP contribution in [0.25, 0.3) is 0 Å². The number of benzene rings is 1. The van der Waals surface area contributed by atoms with Crippen LogP contribution < -0.4 is 10.5 Å². The van der Waals surface area contributed by atoms with Crippen LogP contribution in [-0.2, 0) is 0 Å². The fourth-order valence-corrected chi connectivity index (χ4v) is 1.45. The van der Waals surface area contributed by atoms with Gasteiger partial charge in [-0.15, -0.1) is 0 Å². The largest absolute Gasteiger partial charge is 0.410 e. The quantitative estimate of drug-likeness (QED) is 0.786. The normalized spacial score (nSPS) is 15.2. The number of carbonyl (C=O) groups excluding carboxylic acids is 1. The van der Waals surface area contributed by atoms with Gasteiger partial charge in [-0.05, 0) is 24.8 Å². The Bertz CT molecular complexity index is 374. The number of nitrogens with two attached hydrogens (primary N) is 1. The van der Waals surface area contributed by atoms with Gasteiger partial charge in [-0.3, -0.25) is 0 Å². The van der Waals surface area contributed by atoms with E-state index in [0.717, 1.165) is 18.4 Å². The second-order valence-electron chi connectivity index (χ2n) is 3.35. The van der Waals surface area contributed by atoms with Crippen molar-refractivity contribution in [2.24, 2.45) is 5.73 Å². The number of amides is 1. The molecule has 0 saturated heterocycles. The number of halogens is 1. The summed E-state index contributed by atoms with van der Waals surface area (Å²) in [5.41, 5.74) is 5.59. The standard InChI is InChI=1S/C10H10FNO2/c11-8-3-1-2-7(6-4-5-6)9(8)14-10(12)13/h1-3,6H,4-5H2,(H2,12,13). The second-order valence-corrected chi connectivity index (χ2v) is 3.35. The Morgan fingerprint density at radius 2 is 2.21 bits per heavy atom. The summed E-state index contributed by atoms with van der Waals surface area (Å²) in [5, 5.41) is 0. The summed E-state index contributed by atoms with van der Waals surface area (Å²) in [7, 11) is 0. The number of hydrogen-bond donors (Lipinski definition) is 1. The smallest absolute Gasteiger partial charge is 0.407 e. The third-order valence-corrected chi connectivity index (χ3v) is 2.22. The van der Waals surface area contributed by atoms with Crippen molar-refractivity contribution in [1.82, 2.24) is 0 Å². The predicted octanol–water partition coefficient (Wildman–Crippen LogP) is 2.16. The molecule has 1 amide bonds. The van der Waals surface area contributed by atoms with Crippen molar-refractivity contribution in [3.05, 3.63) is 29.6 Å². The van der Waals surface area contributed by atoms with E-state index in [9.17, 15) is 9.18 Å². The average Bonchev–Trinajstić information content (AvgIpc) is 2.90. The first kappa shape index (κ1) is 8.99. The Kier molecular flexibility index (Phi) is 2.11. The minimum atomic E-state index is -0.975. The molecule has 74 valence electrons. The lowest BCUT2D eigenvalue weighted by Gasteiger charge is -2.07. The van der Waals surface area contributed by atoms with Gasteiger partial charge in [0.15, 0.2) is 11.6 Å². The Morgan fingerprint density at radius 3 is 2.79 bits per heavy atom. The van der Waals surface area contributed by atoms with E-state index in [0.29, 0.717) is 5.92 Å². The van der Waals surface area contributed by atoms with Crippen LogP contribution >= 0.6 is 0 Å². The third-order valence-electron chi connectivity index (χ3n) is 2.22. The van der Waals surface area contributed by atoms with Crippen LogP contribution in [-0.4, -0.2) is 6.09 Å². The molecule has 0 aliphatic heterocycles. The van der Waals surface area contributed by atoms with Gasteiger partial charge in [0.05, 0.1) is 0 Å². The van der Waals surface area contributed by atoms with Crippen molar-refractivity contribution in [2.75, 3.05) is 0 Å². The summed E-state index contributed by atoms with van der Waals surface area (Å²) < 4.78 is 17.9. The zero-order valence-electron chi connectivity index (χ0n) is 7.50. The summed E-state index contributed by atoms with van der Waals surface area (Å²) >= 11 is 0. The Morgan fingerprint density at radius 1 is 1.50 bits per heavy atom. The summed E-state index contributed by atoms with van der Waals surface area (Å²) in [6.45, 7) is 0. The Hall–Kier alpha value is -1.58. The highest BCUT2D eigenvalue weighted by Gasteiger charge is 2.28. The molecule has 14 heavy (non-hydrogen) atoms. The van der Waals surface area contributed by atoms with E-state index in [2.05, 4.69) is 4.74 Å². The zero-order chi connectivity index (χ0) is 10.1. The molecule has 2 rings (SSSR count). The molecule has 0 atom stereocenters. The highest BCUT2D eigenvalue weighted by atomic mass is 19.1. The van der Waals surface area contributed by atoms with Crippen molar-refractivity contribution >= 4 is 6.09 Å². The van der Waals surface area contributed by atoms with Gasteiger partial charge in [0.2, 0.25) is 0 Å². The van der Waals surface area contributed by atoms with Crippen molar-refractivity contribution in [1.29, 1.82) is 0 Å². The lowest BCUT2D eigenvalue weighted by molar-refractivity contribution is 0.208. The molecule has 1 fully saturated rings. The fourth-order valence-electron chi connectivity index (χ4n) is 1.45. The van der Waals surface area contributed by atoms with Gasteiger partial charge < -0.3 is 10.5 Å². The SMILES string of the molecule is NC(=O)Oc1c(F)cccc1C1CC1. The number of hydrogen-bond acceptors (Lipinski definition) is 2. The topological polar surface area (TPSA) is 52.3 Å². The molecule has 0 bridgehead atoms. The average molecular weight is 195 g/mol. The minimum absolute atomic E-state index is 0.0116. The van der Waals surface area contributed by atoms with E-state index in [1.54, 1.807) is 12.1 Å². The van der Waals surface area contributed by atoms with E-state index in [-0.39, 0.29) is 5.75 Å². The molecule has 0 radical (unpaired) electrons. The highest BCUT2D eigenvalue weighted by molar-refractivity contribution is 5.69. The fraction of sp³-hybridized carbons (Fsp3) is 0.300. The van der Waals surface area contributed by atoms with Gasteiger partial charge in [0.25, 0.3) is 0 Å². The first-order valence-corrected chi connectivity index (χ1v) is 4.44. The predicted molar refractivity (Wildman–Crippen MR) is 48.6 cm³/mol. The van der Waals surface area contributed by atoms with E-state index >= 15 is 0 Å². The van der Waals surface area contributed by atoms with Crippen molar-refractivity contribution in [3.8, 4) is 5.75 Å². The number of primary amides is 1. The summed E-state index contributed by atoms with van der Waals surface area (Å²) in [6.07, 6.45) is 1.05. The molecule has 1 aromatic carbocycles. The van der Waals surface area contributed by atoms with E-state index < -0.39 is 11.9 Å². The van der Waals surface area contributed by atoms with Crippen molar-refractivity contribution in [2.45, 2.75) is 18.8 Å². The molecule has 1 aliphatic carbocycles. The lowest BCUT2D eigenvalue weighted by Crippen LogP contribution is -2.17. The molecule has 4 heteroatoms. The van der Waals surface area contributed by atoms with Crippen LogP contribution in [0, 0.1) is 5.82 Å². The first-order chi connectivity index (χ1) is 6.68.